The Morgan fingerprint density at radius 3 is 2.45 bits per heavy atom. The van der Waals surface area contributed by atoms with E-state index in [1.165, 1.54) is 25.7 Å². The van der Waals surface area contributed by atoms with Crippen LogP contribution in [0.15, 0.2) is 18.5 Å². The maximum absolute atomic E-state index is 11.6. The van der Waals surface area contributed by atoms with Crippen LogP contribution in [0, 0.1) is 6.92 Å². The highest BCUT2D eigenvalue weighted by Gasteiger charge is 2.44. The lowest BCUT2D eigenvalue weighted by Gasteiger charge is -2.28. The Morgan fingerprint density at radius 2 is 1.79 bits per heavy atom. The molecule has 4 heterocycles. The van der Waals surface area contributed by atoms with Crippen molar-refractivity contribution in [1.82, 2.24) is 33.8 Å². The topological polar surface area (TPSA) is 109 Å². The van der Waals surface area contributed by atoms with Gasteiger partial charge >= 0.3 is 0 Å². The van der Waals surface area contributed by atoms with Crippen molar-refractivity contribution >= 4 is 33.7 Å². The summed E-state index contributed by atoms with van der Waals surface area (Å²) in [4.78, 5) is 12.1. The van der Waals surface area contributed by atoms with E-state index in [0.717, 1.165) is 71.5 Å². The number of rotatable bonds is 8. The highest BCUT2D eigenvalue weighted by Crippen LogP contribution is 2.44. The van der Waals surface area contributed by atoms with E-state index in [1.54, 1.807) is 0 Å². The standard InChI is InChI=1S/C28H38N8O2/c1-4-34-22(28(38)35(17-5-6-17)18-7-8-18)14-21-25-24(29-15-33(25)3)26(31-27(21)34)30-23-13-16(2)36(32-23)19-9-11-20(37)12-10-19/h13-15,17-20,28,37-38H,4-12H2,1-3H3,(H,30,31,32). The van der Waals surface area contributed by atoms with Gasteiger partial charge in [-0.2, -0.15) is 5.10 Å². The molecule has 10 nitrogen and oxygen atoms in total. The van der Waals surface area contributed by atoms with Crippen molar-refractivity contribution in [3.8, 4) is 0 Å². The summed E-state index contributed by atoms with van der Waals surface area (Å²) in [5, 5.41) is 30.9. The third-order valence-corrected chi connectivity index (χ3v) is 8.72. The molecule has 0 saturated heterocycles. The molecule has 3 saturated carbocycles. The second-order valence-corrected chi connectivity index (χ2v) is 11.5. The zero-order valence-electron chi connectivity index (χ0n) is 22.5. The van der Waals surface area contributed by atoms with Gasteiger partial charge in [-0.25, -0.2) is 9.97 Å². The van der Waals surface area contributed by atoms with Crippen molar-refractivity contribution in [3.05, 3.63) is 29.8 Å². The monoisotopic (exact) mass is 518 g/mol. The summed E-state index contributed by atoms with van der Waals surface area (Å²) in [6, 6.07) is 5.48. The summed E-state index contributed by atoms with van der Waals surface area (Å²) in [6.45, 7) is 4.91. The SMILES string of the molecule is CCn1c(C(O)N(C2CC2)C2CC2)cc2c3c(ncn3C)c(Nc3cc(C)n(C4CCC(O)CC4)n3)nc21. The van der Waals surface area contributed by atoms with Crippen molar-refractivity contribution in [1.29, 1.82) is 0 Å². The molecule has 1 unspecified atom stereocenters. The number of fused-ring (bicyclic) bond motifs is 3. The Hall–Kier alpha value is -2.95. The average molecular weight is 519 g/mol. The maximum atomic E-state index is 11.6. The fourth-order valence-electron chi connectivity index (χ4n) is 6.50. The molecule has 4 aromatic rings. The number of nitrogens with one attached hydrogen (secondary N) is 1. The van der Waals surface area contributed by atoms with Crippen molar-refractivity contribution in [2.24, 2.45) is 7.05 Å². The second-order valence-electron chi connectivity index (χ2n) is 11.5. The number of aliphatic hydroxyl groups is 2. The largest absolute Gasteiger partial charge is 0.393 e. The number of aliphatic hydroxyl groups excluding tert-OH is 2. The normalized spacial score (nSPS) is 23.1. The summed E-state index contributed by atoms with van der Waals surface area (Å²) >= 11 is 0. The molecule has 7 rings (SSSR count). The number of imidazole rings is 1. The first-order valence-corrected chi connectivity index (χ1v) is 14.2. The number of pyridine rings is 1. The lowest BCUT2D eigenvalue weighted by atomic mass is 9.93. The van der Waals surface area contributed by atoms with Gasteiger partial charge in [-0.15, -0.1) is 0 Å². The molecule has 3 N–H and O–H groups in total. The van der Waals surface area contributed by atoms with Gasteiger partial charge < -0.3 is 24.7 Å². The third-order valence-electron chi connectivity index (χ3n) is 8.72. The van der Waals surface area contributed by atoms with E-state index < -0.39 is 6.23 Å². The Balaban J connectivity index is 1.28. The molecule has 0 radical (unpaired) electrons. The van der Waals surface area contributed by atoms with Crippen LogP contribution in [-0.4, -0.2) is 62.2 Å². The number of hydrogen-bond donors (Lipinski definition) is 3. The van der Waals surface area contributed by atoms with E-state index in [-0.39, 0.29) is 6.10 Å². The Morgan fingerprint density at radius 1 is 1.08 bits per heavy atom. The third kappa shape index (κ3) is 4.01. The Bertz CT molecular complexity index is 1470. The molecule has 3 aliphatic carbocycles. The van der Waals surface area contributed by atoms with Crippen LogP contribution in [0.5, 0.6) is 0 Å². The minimum Gasteiger partial charge on any atom is -0.393 e. The number of nitrogens with zero attached hydrogens (tertiary/aromatic N) is 7. The molecule has 0 aromatic carbocycles. The van der Waals surface area contributed by atoms with Crippen LogP contribution >= 0.6 is 0 Å². The summed E-state index contributed by atoms with van der Waals surface area (Å²) in [6.07, 6.45) is 9.21. The smallest absolute Gasteiger partial charge is 0.162 e. The Labute approximate surface area is 222 Å². The summed E-state index contributed by atoms with van der Waals surface area (Å²) in [5.41, 5.74) is 4.65. The highest BCUT2D eigenvalue weighted by molar-refractivity contribution is 6.07. The van der Waals surface area contributed by atoms with Gasteiger partial charge in [-0.05, 0) is 71.3 Å². The van der Waals surface area contributed by atoms with Crippen molar-refractivity contribution in [2.75, 3.05) is 5.32 Å². The van der Waals surface area contributed by atoms with Gasteiger partial charge in [-0.3, -0.25) is 9.58 Å². The molecule has 10 heteroatoms. The second kappa shape index (κ2) is 9.07. The van der Waals surface area contributed by atoms with Gasteiger partial charge in [0.15, 0.2) is 11.6 Å². The summed E-state index contributed by atoms with van der Waals surface area (Å²) < 4.78 is 6.29. The summed E-state index contributed by atoms with van der Waals surface area (Å²) in [7, 11) is 2.01. The average Bonchev–Trinajstić information content (AvgIpc) is 3.82. The quantitative estimate of drug-likeness (QED) is 0.299. The van der Waals surface area contributed by atoms with E-state index >= 15 is 0 Å². The van der Waals surface area contributed by atoms with Gasteiger partial charge in [0.05, 0.1) is 29.7 Å². The van der Waals surface area contributed by atoms with Crippen LogP contribution in [0.3, 0.4) is 0 Å². The van der Waals surface area contributed by atoms with Gasteiger partial charge in [0, 0.05) is 42.8 Å². The van der Waals surface area contributed by atoms with E-state index in [2.05, 4.69) is 45.4 Å². The van der Waals surface area contributed by atoms with Gasteiger partial charge in [-0.1, -0.05) is 0 Å². The fraction of sp³-hybridized carbons (Fsp3) is 0.607. The fourth-order valence-corrected chi connectivity index (χ4v) is 6.50. The van der Waals surface area contributed by atoms with Crippen LogP contribution in [0.2, 0.25) is 0 Å². The molecule has 0 aliphatic heterocycles. The number of anilines is 2. The van der Waals surface area contributed by atoms with Crippen molar-refractivity contribution in [2.45, 2.75) is 102 Å². The Kier molecular flexibility index (Phi) is 5.75. The molecule has 3 fully saturated rings. The zero-order chi connectivity index (χ0) is 26.1. The van der Waals surface area contributed by atoms with Crippen LogP contribution < -0.4 is 5.32 Å². The molecule has 0 amide bonds. The first-order chi connectivity index (χ1) is 18.4. The number of aryl methyl sites for hydroxylation is 3. The zero-order valence-corrected chi connectivity index (χ0v) is 22.5. The van der Waals surface area contributed by atoms with Gasteiger partial charge in [0.1, 0.15) is 17.4 Å². The molecular formula is C28H38N8O2. The van der Waals surface area contributed by atoms with Crippen molar-refractivity contribution in [3.63, 3.8) is 0 Å². The van der Waals surface area contributed by atoms with Gasteiger partial charge in [0.25, 0.3) is 0 Å². The highest BCUT2D eigenvalue weighted by atomic mass is 16.3. The van der Waals surface area contributed by atoms with E-state index in [0.29, 0.717) is 23.9 Å². The first kappa shape index (κ1) is 24.1. The van der Waals surface area contributed by atoms with Crippen LogP contribution in [0.1, 0.15) is 81.9 Å². The first-order valence-electron chi connectivity index (χ1n) is 14.2. The lowest BCUT2D eigenvalue weighted by molar-refractivity contribution is -0.0160. The van der Waals surface area contributed by atoms with Crippen molar-refractivity contribution < 1.29 is 10.2 Å². The molecular weight excluding hydrogens is 480 g/mol. The van der Waals surface area contributed by atoms with E-state index in [4.69, 9.17) is 15.1 Å². The van der Waals surface area contributed by atoms with Crippen LogP contribution in [-0.2, 0) is 13.6 Å². The predicted molar refractivity (Wildman–Crippen MR) is 146 cm³/mol. The molecule has 38 heavy (non-hydrogen) atoms. The minimum absolute atomic E-state index is 0.188. The van der Waals surface area contributed by atoms with Crippen LogP contribution in [0.25, 0.3) is 22.1 Å². The molecule has 0 bridgehead atoms. The molecule has 4 aromatic heterocycles. The molecule has 1 atom stereocenters. The van der Waals surface area contributed by atoms with Gasteiger partial charge in [0.2, 0.25) is 0 Å². The molecule has 3 aliphatic rings. The lowest BCUT2D eigenvalue weighted by Crippen LogP contribution is -2.34. The van der Waals surface area contributed by atoms with Crippen LogP contribution in [0.4, 0.5) is 11.6 Å². The predicted octanol–water partition coefficient (Wildman–Crippen LogP) is 4.29. The number of aromatic nitrogens is 6. The minimum atomic E-state index is -0.629. The molecule has 202 valence electrons. The number of hydrogen-bond acceptors (Lipinski definition) is 7. The summed E-state index contributed by atoms with van der Waals surface area (Å²) in [5.74, 6) is 1.42. The maximum Gasteiger partial charge on any atom is 0.162 e. The van der Waals surface area contributed by atoms with E-state index in [9.17, 15) is 10.2 Å². The molecule has 0 spiro atoms. The van der Waals surface area contributed by atoms with E-state index in [1.807, 2.05) is 17.9 Å².